The van der Waals surface area contributed by atoms with Gasteiger partial charge in [0.25, 0.3) is 0 Å². The van der Waals surface area contributed by atoms with Crippen molar-refractivity contribution < 1.29 is 4.74 Å². The number of rotatable bonds is 5. The molecule has 2 aromatic rings. The van der Waals surface area contributed by atoms with Crippen molar-refractivity contribution in [2.24, 2.45) is 0 Å². The Hall–Kier alpha value is -0.590. The monoisotopic (exact) mass is 330 g/mol. The van der Waals surface area contributed by atoms with Gasteiger partial charge in [-0.25, -0.2) is 0 Å². The van der Waals surface area contributed by atoms with Crippen LogP contribution in [0.25, 0.3) is 0 Å². The lowest BCUT2D eigenvalue weighted by Crippen LogP contribution is -1.99. The molecule has 1 heterocycles. The lowest BCUT2D eigenvalue weighted by molar-refractivity contribution is 0.344. The van der Waals surface area contributed by atoms with Crippen LogP contribution in [0.4, 0.5) is 0 Å². The first-order valence-electron chi connectivity index (χ1n) is 5.05. The molecule has 0 unspecified atom stereocenters. The number of aromatic nitrogens is 2. The van der Waals surface area contributed by atoms with Crippen molar-refractivity contribution in [2.45, 2.75) is 11.3 Å². The summed E-state index contributed by atoms with van der Waals surface area (Å²) in [5.41, 5.74) is 0. The lowest BCUT2D eigenvalue weighted by Gasteiger charge is -2.04. The number of thioether (sulfide) groups is 1. The van der Waals surface area contributed by atoms with Crippen molar-refractivity contribution in [2.75, 3.05) is 12.4 Å². The molecule has 3 nitrogen and oxygen atoms in total. The fourth-order valence-electron chi connectivity index (χ4n) is 1.18. The standard InChI is InChI=1S/C11H11BrN2OS2/c1-8-13-14-11(17-8)16-6-5-15-10-4-2-3-9(12)7-10/h2-4,7H,5-6H2,1H3. The second kappa shape index (κ2) is 6.37. The van der Waals surface area contributed by atoms with E-state index in [1.807, 2.05) is 31.2 Å². The van der Waals surface area contributed by atoms with Crippen molar-refractivity contribution in [3.8, 4) is 5.75 Å². The molecule has 0 spiro atoms. The maximum absolute atomic E-state index is 5.62. The molecule has 17 heavy (non-hydrogen) atoms. The predicted octanol–water partition coefficient (Wildman–Crippen LogP) is 3.78. The molecule has 0 saturated carbocycles. The van der Waals surface area contributed by atoms with E-state index in [2.05, 4.69) is 26.1 Å². The maximum Gasteiger partial charge on any atom is 0.174 e. The fraction of sp³-hybridized carbons (Fsp3) is 0.273. The van der Waals surface area contributed by atoms with Crippen LogP contribution in [0.1, 0.15) is 5.01 Å². The van der Waals surface area contributed by atoms with E-state index in [1.54, 1.807) is 23.1 Å². The molecule has 1 aromatic carbocycles. The predicted molar refractivity (Wildman–Crippen MR) is 75.0 cm³/mol. The van der Waals surface area contributed by atoms with Crippen LogP contribution in [0.3, 0.4) is 0 Å². The maximum atomic E-state index is 5.62. The molecule has 0 aliphatic rings. The Morgan fingerprint density at radius 2 is 2.29 bits per heavy atom. The second-order valence-electron chi connectivity index (χ2n) is 3.24. The molecular formula is C11H11BrN2OS2. The van der Waals surface area contributed by atoms with Crippen LogP contribution in [-0.4, -0.2) is 22.6 Å². The first kappa shape index (κ1) is 12.9. The van der Waals surface area contributed by atoms with E-state index in [1.165, 1.54) is 0 Å². The summed E-state index contributed by atoms with van der Waals surface area (Å²) < 4.78 is 7.65. The summed E-state index contributed by atoms with van der Waals surface area (Å²) in [5.74, 6) is 1.76. The van der Waals surface area contributed by atoms with Gasteiger partial charge in [-0.2, -0.15) is 0 Å². The molecule has 0 N–H and O–H groups in total. The highest BCUT2D eigenvalue weighted by Crippen LogP contribution is 2.22. The molecular weight excluding hydrogens is 320 g/mol. The number of hydrogen-bond acceptors (Lipinski definition) is 5. The largest absolute Gasteiger partial charge is 0.493 e. The summed E-state index contributed by atoms with van der Waals surface area (Å²) in [6, 6.07) is 7.84. The lowest BCUT2D eigenvalue weighted by atomic mass is 10.3. The van der Waals surface area contributed by atoms with E-state index >= 15 is 0 Å². The number of halogens is 1. The van der Waals surface area contributed by atoms with Crippen molar-refractivity contribution in [1.82, 2.24) is 10.2 Å². The van der Waals surface area contributed by atoms with E-state index in [-0.39, 0.29) is 0 Å². The Bertz CT molecular complexity index is 490. The van der Waals surface area contributed by atoms with E-state index in [0.29, 0.717) is 6.61 Å². The van der Waals surface area contributed by atoms with Gasteiger partial charge in [-0.1, -0.05) is 45.1 Å². The third-order valence-electron chi connectivity index (χ3n) is 1.88. The van der Waals surface area contributed by atoms with Crippen LogP contribution in [0, 0.1) is 6.92 Å². The molecule has 0 saturated heterocycles. The zero-order valence-electron chi connectivity index (χ0n) is 9.22. The third kappa shape index (κ3) is 4.29. The summed E-state index contributed by atoms with van der Waals surface area (Å²) in [4.78, 5) is 0. The van der Waals surface area contributed by atoms with Gasteiger partial charge in [0.05, 0.1) is 6.61 Å². The van der Waals surface area contributed by atoms with Crippen molar-refractivity contribution in [1.29, 1.82) is 0 Å². The molecule has 0 amide bonds. The first-order chi connectivity index (χ1) is 8.24. The number of benzene rings is 1. The SMILES string of the molecule is Cc1nnc(SCCOc2cccc(Br)c2)s1. The summed E-state index contributed by atoms with van der Waals surface area (Å²) in [6.45, 7) is 2.62. The molecule has 0 aliphatic carbocycles. The van der Waals surface area contributed by atoms with Gasteiger partial charge in [-0.15, -0.1) is 10.2 Å². The van der Waals surface area contributed by atoms with Gasteiger partial charge in [0, 0.05) is 10.2 Å². The van der Waals surface area contributed by atoms with E-state index < -0.39 is 0 Å². The molecule has 0 fully saturated rings. The van der Waals surface area contributed by atoms with Crippen LogP contribution in [0.5, 0.6) is 5.75 Å². The molecule has 90 valence electrons. The zero-order valence-corrected chi connectivity index (χ0v) is 12.4. The molecule has 0 bridgehead atoms. The van der Waals surface area contributed by atoms with Crippen LogP contribution in [-0.2, 0) is 0 Å². The van der Waals surface area contributed by atoms with Gasteiger partial charge < -0.3 is 4.74 Å². The number of hydrogen-bond donors (Lipinski definition) is 0. The Morgan fingerprint density at radius 3 is 3.00 bits per heavy atom. The third-order valence-corrected chi connectivity index (χ3v) is 4.31. The summed E-state index contributed by atoms with van der Waals surface area (Å²) >= 11 is 6.70. The van der Waals surface area contributed by atoms with Crippen LogP contribution in [0.15, 0.2) is 33.1 Å². The Kier molecular flexibility index (Phi) is 4.82. The minimum absolute atomic E-state index is 0.666. The normalized spacial score (nSPS) is 10.5. The van der Waals surface area contributed by atoms with E-state index in [0.717, 1.165) is 25.3 Å². The molecule has 1 aromatic heterocycles. The van der Waals surface area contributed by atoms with Gasteiger partial charge >= 0.3 is 0 Å². The average molecular weight is 331 g/mol. The molecule has 2 rings (SSSR count). The average Bonchev–Trinajstić information content (AvgIpc) is 2.71. The molecule has 6 heteroatoms. The number of nitrogens with zero attached hydrogens (tertiary/aromatic N) is 2. The number of aryl methyl sites for hydroxylation is 1. The smallest absolute Gasteiger partial charge is 0.174 e. The zero-order chi connectivity index (χ0) is 12.1. The Labute approximate surface area is 117 Å². The summed E-state index contributed by atoms with van der Waals surface area (Å²) in [7, 11) is 0. The van der Waals surface area contributed by atoms with Crippen LogP contribution in [0.2, 0.25) is 0 Å². The van der Waals surface area contributed by atoms with E-state index in [9.17, 15) is 0 Å². The van der Waals surface area contributed by atoms with Gasteiger partial charge in [0.1, 0.15) is 10.8 Å². The Balaban J connectivity index is 1.73. The highest BCUT2D eigenvalue weighted by atomic mass is 79.9. The fourth-order valence-corrected chi connectivity index (χ4v) is 3.26. The summed E-state index contributed by atoms with van der Waals surface area (Å²) in [6.07, 6.45) is 0. The first-order valence-corrected chi connectivity index (χ1v) is 7.65. The second-order valence-corrected chi connectivity index (χ2v) is 6.68. The molecule has 0 radical (unpaired) electrons. The summed E-state index contributed by atoms with van der Waals surface area (Å²) in [5, 5.41) is 9.01. The quantitative estimate of drug-likeness (QED) is 0.617. The van der Waals surface area contributed by atoms with Crippen molar-refractivity contribution >= 4 is 39.0 Å². The van der Waals surface area contributed by atoms with Crippen LogP contribution >= 0.6 is 39.0 Å². The van der Waals surface area contributed by atoms with Crippen molar-refractivity contribution in [3.63, 3.8) is 0 Å². The minimum atomic E-state index is 0.666. The van der Waals surface area contributed by atoms with E-state index in [4.69, 9.17) is 4.74 Å². The Morgan fingerprint density at radius 1 is 1.41 bits per heavy atom. The van der Waals surface area contributed by atoms with Gasteiger partial charge in [-0.3, -0.25) is 0 Å². The molecule has 0 aliphatic heterocycles. The van der Waals surface area contributed by atoms with Crippen LogP contribution < -0.4 is 4.74 Å². The molecule has 0 atom stereocenters. The van der Waals surface area contributed by atoms with Gasteiger partial charge in [0.15, 0.2) is 4.34 Å². The minimum Gasteiger partial charge on any atom is -0.493 e. The number of ether oxygens (including phenoxy) is 1. The highest BCUT2D eigenvalue weighted by Gasteiger charge is 2.01. The highest BCUT2D eigenvalue weighted by molar-refractivity contribution is 9.10. The van der Waals surface area contributed by atoms with Gasteiger partial charge in [-0.05, 0) is 25.1 Å². The van der Waals surface area contributed by atoms with Crippen molar-refractivity contribution in [3.05, 3.63) is 33.7 Å². The topological polar surface area (TPSA) is 35.0 Å². The van der Waals surface area contributed by atoms with Gasteiger partial charge in [0.2, 0.25) is 0 Å².